The highest BCUT2D eigenvalue weighted by Crippen LogP contribution is 2.50. The van der Waals surface area contributed by atoms with Crippen LogP contribution in [0.5, 0.6) is 0 Å². The molecule has 3 heterocycles. The summed E-state index contributed by atoms with van der Waals surface area (Å²) in [6.45, 7) is 2.16. The Morgan fingerprint density at radius 2 is 1.97 bits per heavy atom. The van der Waals surface area contributed by atoms with Crippen molar-refractivity contribution in [1.29, 1.82) is 0 Å². The summed E-state index contributed by atoms with van der Waals surface area (Å²) in [7, 11) is 1.43. The zero-order valence-electron chi connectivity index (χ0n) is 20.2. The van der Waals surface area contributed by atoms with Gasteiger partial charge in [-0.3, -0.25) is 14.3 Å². The zero-order valence-corrected chi connectivity index (χ0v) is 20.2. The molecule has 0 radical (unpaired) electrons. The lowest BCUT2D eigenvalue weighted by Crippen LogP contribution is -2.70. The molecule has 36 heavy (non-hydrogen) atoms. The first-order chi connectivity index (χ1) is 17.3. The molecule has 3 fully saturated rings. The molecule has 3 aromatic rings. The Kier molecular flexibility index (Phi) is 6.23. The summed E-state index contributed by atoms with van der Waals surface area (Å²) in [5.74, 6) is -5.36. The van der Waals surface area contributed by atoms with Crippen molar-refractivity contribution in [3.05, 3.63) is 60.4 Å². The molecule has 6 rings (SSSR count). The van der Waals surface area contributed by atoms with E-state index in [2.05, 4.69) is 15.6 Å². The van der Waals surface area contributed by atoms with E-state index in [-0.39, 0.29) is 13.0 Å². The number of methoxy groups -OCH3 is 1. The second-order valence-electron chi connectivity index (χ2n) is 9.68. The van der Waals surface area contributed by atoms with Gasteiger partial charge in [0, 0.05) is 37.9 Å². The molecule has 2 aliphatic heterocycles. The fourth-order valence-corrected chi connectivity index (χ4v) is 5.75. The van der Waals surface area contributed by atoms with E-state index in [1.807, 2.05) is 42.5 Å². The summed E-state index contributed by atoms with van der Waals surface area (Å²) in [4.78, 5) is 29.0. The standard InChI is InChI=1S/C26H29F2N5O3/c1-25(36-2,20-9-5-7-17-6-3-4-8-19(17)20)24(35)33-18-10-11-21(26(27,28)16-18)22(33)23(34)29-12-14-32-15-13-30-31-32/h3-9,13,15,18,21-22H,10-12,14,16H2,1-2H3,(H,29,34)/t18?,21?,22-,25?/m0/s1. The summed E-state index contributed by atoms with van der Waals surface area (Å²) in [6, 6.07) is 11.2. The van der Waals surface area contributed by atoms with Crippen LogP contribution in [0.15, 0.2) is 54.9 Å². The van der Waals surface area contributed by atoms with Gasteiger partial charge in [-0.15, -0.1) is 5.10 Å². The van der Waals surface area contributed by atoms with Crippen LogP contribution in [0, 0.1) is 5.92 Å². The number of benzene rings is 2. The fourth-order valence-electron chi connectivity index (χ4n) is 5.75. The van der Waals surface area contributed by atoms with E-state index >= 15 is 8.78 Å². The number of ether oxygens (including phenoxy) is 1. The first kappa shape index (κ1) is 24.3. The summed E-state index contributed by atoms with van der Waals surface area (Å²) < 4.78 is 37.4. The molecule has 2 aromatic carbocycles. The van der Waals surface area contributed by atoms with E-state index in [0.29, 0.717) is 18.5 Å². The molecule has 8 nitrogen and oxygen atoms in total. The lowest BCUT2D eigenvalue weighted by Gasteiger charge is -2.55. The number of hydrogen-bond donors (Lipinski definition) is 1. The number of halogens is 2. The number of carbonyl (C=O) groups excluding carboxylic acids is 2. The maximum absolute atomic E-state index is 15.0. The third-order valence-corrected chi connectivity index (χ3v) is 7.67. The summed E-state index contributed by atoms with van der Waals surface area (Å²) >= 11 is 0. The van der Waals surface area contributed by atoms with Gasteiger partial charge in [0.05, 0.1) is 18.7 Å². The van der Waals surface area contributed by atoms with E-state index in [4.69, 9.17) is 4.74 Å². The van der Waals surface area contributed by atoms with Gasteiger partial charge >= 0.3 is 0 Å². The predicted octanol–water partition coefficient (Wildman–Crippen LogP) is 3.12. The number of hydrogen-bond acceptors (Lipinski definition) is 5. The highest BCUT2D eigenvalue weighted by Gasteiger charge is 2.62. The van der Waals surface area contributed by atoms with Crippen LogP contribution in [0.25, 0.3) is 10.8 Å². The third-order valence-electron chi connectivity index (χ3n) is 7.67. The highest BCUT2D eigenvalue weighted by molar-refractivity contribution is 5.97. The van der Waals surface area contributed by atoms with Crippen LogP contribution < -0.4 is 5.32 Å². The Morgan fingerprint density at radius 1 is 1.19 bits per heavy atom. The van der Waals surface area contributed by atoms with Gasteiger partial charge in [0.15, 0.2) is 5.60 Å². The molecule has 1 N–H and O–H groups in total. The number of nitrogens with one attached hydrogen (secondary N) is 1. The largest absolute Gasteiger partial charge is 0.364 e. The van der Waals surface area contributed by atoms with Crippen LogP contribution in [0.4, 0.5) is 8.78 Å². The van der Waals surface area contributed by atoms with Gasteiger partial charge in [-0.25, -0.2) is 8.78 Å². The predicted molar refractivity (Wildman–Crippen MR) is 128 cm³/mol. The Balaban J connectivity index is 1.48. The average molecular weight is 498 g/mol. The number of amides is 2. The molecule has 2 bridgehead atoms. The van der Waals surface area contributed by atoms with Gasteiger partial charge in [-0.1, -0.05) is 47.7 Å². The summed E-state index contributed by atoms with van der Waals surface area (Å²) in [5, 5.41) is 12.1. The molecule has 2 saturated heterocycles. The van der Waals surface area contributed by atoms with Crippen LogP contribution in [0.2, 0.25) is 0 Å². The lowest BCUT2D eigenvalue weighted by molar-refractivity contribution is -0.204. The van der Waals surface area contributed by atoms with E-state index in [9.17, 15) is 9.59 Å². The highest BCUT2D eigenvalue weighted by atomic mass is 19.3. The number of carbonyl (C=O) groups is 2. The van der Waals surface area contributed by atoms with Crippen molar-refractivity contribution in [2.45, 2.75) is 56.3 Å². The molecular weight excluding hydrogens is 468 g/mol. The molecule has 1 saturated carbocycles. The zero-order chi connectivity index (χ0) is 25.5. The Hall–Kier alpha value is -3.40. The molecule has 1 aliphatic carbocycles. The maximum atomic E-state index is 15.0. The van der Waals surface area contributed by atoms with Gasteiger partial charge in [0.25, 0.3) is 11.8 Å². The molecule has 2 amide bonds. The molecule has 3 aliphatic rings. The fraction of sp³-hybridized carbons (Fsp3) is 0.462. The van der Waals surface area contributed by atoms with Crippen molar-refractivity contribution in [3.8, 4) is 0 Å². The van der Waals surface area contributed by atoms with Crippen LogP contribution in [0.3, 0.4) is 0 Å². The van der Waals surface area contributed by atoms with Crippen molar-refractivity contribution >= 4 is 22.6 Å². The van der Waals surface area contributed by atoms with Crippen LogP contribution in [-0.2, 0) is 26.5 Å². The lowest BCUT2D eigenvalue weighted by atomic mass is 9.70. The SMILES string of the molecule is COC(C)(C(=O)N1C2CCC([C@H]1C(=O)NCCn1ccnn1)C(F)(F)C2)c1cccc2ccccc12. The molecule has 4 atom stereocenters. The molecule has 10 heteroatoms. The minimum atomic E-state index is -3.03. The van der Waals surface area contributed by atoms with E-state index in [0.717, 1.165) is 10.8 Å². The van der Waals surface area contributed by atoms with Crippen molar-refractivity contribution in [2.24, 2.45) is 5.92 Å². The average Bonchev–Trinajstić information content (AvgIpc) is 3.40. The van der Waals surface area contributed by atoms with Gasteiger partial charge in [-0.2, -0.15) is 0 Å². The monoisotopic (exact) mass is 497 g/mol. The molecule has 1 aromatic heterocycles. The van der Waals surface area contributed by atoms with Crippen LogP contribution in [0.1, 0.15) is 31.7 Å². The van der Waals surface area contributed by atoms with E-state index < -0.39 is 47.8 Å². The molecule has 3 unspecified atom stereocenters. The normalized spacial score (nSPS) is 24.4. The van der Waals surface area contributed by atoms with Crippen molar-refractivity contribution in [2.75, 3.05) is 13.7 Å². The first-order valence-corrected chi connectivity index (χ1v) is 12.1. The minimum absolute atomic E-state index is 0.175. The Labute approximate surface area is 207 Å². The van der Waals surface area contributed by atoms with Crippen LogP contribution in [-0.4, -0.2) is 63.4 Å². The topological polar surface area (TPSA) is 89.4 Å². The molecule has 190 valence electrons. The number of piperidine rings is 2. The van der Waals surface area contributed by atoms with Crippen molar-refractivity contribution in [1.82, 2.24) is 25.2 Å². The summed E-state index contributed by atoms with van der Waals surface area (Å²) in [5.41, 5.74) is -0.834. The number of alkyl halides is 2. The third kappa shape index (κ3) is 4.03. The van der Waals surface area contributed by atoms with E-state index in [1.165, 1.54) is 22.9 Å². The van der Waals surface area contributed by atoms with Gasteiger partial charge < -0.3 is 15.0 Å². The second-order valence-corrected chi connectivity index (χ2v) is 9.68. The molecule has 0 spiro atoms. The Bertz CT molecular complexity index is 1260. The van der Waals surface area contributed by atoms with Gasteiger partial charge in [0.2, 0.25) is 5.91 Å². The Morgan fingerprint density at radius 3 is 2.69 bits per heavy atom. The smallest absolute Gasteiger partial charge is 0.260 e. The van der Waals surface area contributed by atoms with E-state index in [1.54, 1.807) is 13.1 Å². The van der Waals surface area contributed by atoms with Gasteiger partial charge in [-0.05, 0) is 30.5 Å². The van der Waals surface area contributed by atoms with Crippen molar-refractivity contribution < 1.29 is 23.1 Å². The number of fused-ring (bicyclic) bond motifs is 4. The second kappa shape index (κ2) is 9.24. The van der Waals surface area contributed by atoms with Crippen molar-refractivity contribution in [3.63, 3.8) is 0 Å². The maximum Gasteiger partial charge on any atom is 0.260 e. The number of aromatic nitrogens is 3. The number of nitrogens with zero attached hydrogens (tertiary/aromatic N) is 4. The van der Waals surface area contributed by atoms with Crippen LogP contribution >= 0.6 is 0 Å². The minimum Gasteiger partial charge on any atom is -0.364 e. The van der Waals surface area contributed by atoms with Gasteiger partial charge in [0.1, 0.15) is 6.04 Å². The quantitative estimate of drug-likeness (QED) is 0.542. The molecular formula is C26H29F2N5O3. The summed E-state index contributed by atoms with van der Waals surface area (Å²) in [6.07, 6.45) is 3.31. The first-order valence-electron chi connectivity index (χ1n) is 12.1. The number of rotatable bonds is 7.